The van der Waals surface area contributed by atoms with E-state index >= 15 is 0 Å². The summed E-state index contributed by atoms with van der Waals surface area (Å²) in [6.07, 6.45) is -0.313. The van der Waals surface area contributed by atoms with E-state index in [1.165, 1.54) is 0 Å². The van der Waals surface area contributed by atoms with E-state index in [0.717, 1.165) is 94.1 Å². The molecule has 12 aromatic rings. The van der Waals surface area contributed by atoms with Crippen LogP contribution in [0.5, 0.6) is 0 Å². The molecule has 0 bridgehead atoms. The second-order valence-corrected chi connectivity index (χ2v) is 16.9. The Morgan fingerprint density at radius 1 is 0.397 bits per heavy atom. The lowest BCUT2D eigenvalue weighted by Gasteiger charge is -2.24. The summed E-state index contributed by atoms with van der Waals surface area (Å²) < 4.78 is 4.61. The van der Waals surface area contributed by atoms with E-state index in [4.69, 9.17) is 24.9 Å². The Labute approximate surface area is 391 Å². The first kappa shape index (κ1) is 39.1. The van der Waals surface area contributed by atoms with Gasteiger partial charge in [0.15, 0.2) is 17.5 Å². The molecule has 0 saturated carbocycles. The molecule has 1 atom stereocenters. The highest BCUT2D eigenvalue weighted by molar-refractivity contribution is 6.26. The maximum atomic E-state index is 5.38. The van der Waals surface area contributed by atoms with Crippen LogP contribution < -0.4 is 5.32 Å². The van der Waals surface area contributed by atoms with Gasteiger partial charge >= 0.3 is 0 Å². The van der Waals surface area contributed by atoms with Crippen LogP contribution in [-0.4, -0.2) is 35.8 Å². The minimum absolute atomic E-state index is 0.313. The van der Waals surface area contributed by atoms with Crippen LogP contribution in [0.4, 0.5) is 0 Å². The summed E-state index contributed by atoms with van der Waals surface area (Å²) in [4.78, 5) is 26.2. The van der Waals surface area contributed by atoms with Crippen molar-refractivity contribution in [3.8, 4) is 45.5 Å². The van der Waals surface area contributed by atoms with E-state index in [1.807, 2.05) is 66.7 Å². The number of rotatable bonds is 8. The molecule has 9 aromatic carbocycles. The summed E-state index contributed by atoms with van der Waals surface area (Å²) in [6.45, 7) is 0. The van der Waals surface area contributed by atoms with Crippen molar-refractivity contribution in [1.29, 1.82) is 0 Å². The number of benzene rings is 9. The van der Waals surface area contributed by atoms with Gasteiger partial charge in [-0.15, -0.1) is 0 Å². The largest absolute Gasteiger partial charge is 0.344 e. The zero-order chi connectivity index (χ0) is 45.0. The molecular weight excluding hydrogens is 833 g/mol. The van der Waals surface area contributed by atoms with Crippen LogP contribution in [-0.2, 0) is 0 Å². The van der Waals surface area contributed by atoms with E-state index in [1.54, 1.807) is 0 Å². The van der Waals surface area contributed by atoms with Crippen molar-refractivity contribution in [1.82, 2.24) is 29.4 Å². The number of para-hydroxylation sites is 2. The highest BCUT2D eigenvalue weighted by Gasteiger charge is 2.25. The zero-order valence-electron chi connectivity index (χ0n) is 36.6. The van der Waals surface area contributed by atoms with Gasteiger partial charge in [-0.1, -0.05) is 200 Å². The molecule has 1 N–H and O–H groups in total. The van der Waals surface area contributed by atoms with Crippen LogP contribution in [0.25, 0.3) is 89.2 Å². The standard InChI is InChI=1S/C60H40N8/c1-5-20-39(21-6-1)45-30-13-14-32-48(45)59-64-57(42-26-11-4-12-27-42)65-60(66-59)68-51-35-18-16-33-49(51)53-52(68)37-36-47-46-31-15-17-34-50(46)67(54(47)53)44-29-19-28-43(38-44)58-62-55(40-22-7-2-8-23-40)61-56(63-58)41-24-9-3-10-25-41/h1-38,55H,(H,61,62,63). The molecule has 320 valence electrons. The number of amidine groups is 2. The lowest BCUT2D eigenvalue weighted by Crippen LogP contribution is -2.33. The van der Waals surface area contributed by atoms with Gasteiger partial charge in [0, 0.05) is 49.5 Å². The maximum absolute atomic E-state index is 5.38. The average Bonchev–Trinajstić information content (AvgIpc) is 3.95. The van der Waals surface area contributed by atoms with Crippen LogP contribution in [0, 0.1) is 0 Å². The van der Waals surface area contributed by atoms with Gasteiger partial charge in [0.1, 0.15) is 12.0 Å². The highest BCUT2D eigenvalue weighted by Crippen LogP contribution is 2.42. The Morgan fingerprint density at radius 3 is 1.74 bits per heavy atom. The van der Waals surface area contributed by atoms with Crippen LogP contribution in [0.2, 0.25) is 0 Å². The number of nitrogens with zero attached hydrogens (tertiary/aromatic N) is 7. The van der Waals surface area contributed by atoms with Gasteiger partial charge < -0.3 is 9.88 Å². The SMILES string of the molecule is c1ccc(C2=NC(c3ccccc3)NC(c3cccc(-n4c5ccccc5c5ccc6c(c7ccccc7n6-c6nc(-c7ccccc7)nc(-c7ccccc7-c7ccccc7)n6)c54)c3)=N2)cc1. The van der Waals surface area contributed by atoms with Crippen molar-refractivity contribution in [2.75, 3.05) is 0 Å². The summed E-state index contributed by atoms with van der Waals surface area (Å²) in [5.41, 5.74) is 12.1. The fourth-order valence-corrected chi connectivity index (χ4v) is 9.75. The lowest BCUT2D eigenvalue weighted by atomic mass is 9.99. The average molecular weight is 873 g/mol. The molecule has 1 aliphatic rings. The molecule has 8 heteroatoms. The molecule has 68 heavy (non-hydrogen) atoms. The molecule has 13 rings (SSSR count). The van der Waals surface area contributed by atoms with Crippen molar-refractivity contribution in [2.45, 2.75) is 6.17 Å². The van der Waals surface area contributed by atoms with E-state index in [9.17, 15) is 0 Å². The van der Waals surface area contributed by atoms with Crippen molar-refractivity contribution in [2.24, 2.45) is 9.98 Å². The third kappa shape index (κ3) is 6.65. The first-order chi connectivity index (χ1) is 33.7. The number of aliphatic imine (C=N–C) groups is 2. The fraction of sp³-hybridized carbons (Fsp3) is 0.0167. The van der Waals surface area contributed by atoms with Crippen LogP contribution in [0.15, 0.2) is 241 Å². The van der Waals surface area contributed by atoms with Gasteiger partial charge in [0.2, 0.25) is 5.95 Å². The summed E-state index contributed by atoms with van der Waals surface area (Å²) in [7, 11) is 0. The smallest absolute Gasteiger partial charge is 0.238 e. The van der Waals surface area contributed by atoms with Crippen molar-refractivity contribution >= 4 is 55.3 Å². The fourth-order valence-electron chi connectivity index (χ4n) is 9.75. The number of aromatic nitrogens is 5. The molecule has 0 saturated heterocycles. The number of fused-ring (bicyclic) bond motifs is 7. The van der Waals surface area contributed by atoms with Gasteiger partial charge in [-0.2, -0.15) is 9.97 Å². The summed E-state index contributed by atoms with van der Waals surface area (Å²) in [5.74, 6) is 3.18. The lowest BCUT2D eigenvalue weighted by molar-refractivity contribution is 0.674. The molecule has 4 heterocycles. The van der Waals surface area contributed by atoms with Crippen molar-refractivity contribution < 1.29 is 0 Å². The number of hydrogen-bond acceptors (Lipinski definition) is 6. The van der Waals surface area contributed by atoms with Gasteiger partial charge in [-0.05, 0) is 47.0 Å². The minimum Gasteiger partial charge on any atom is -0.344 e. The van der Waals surface area contributed by atoms with E-state index in [-0.39, 0.29) is 6.17 Å². The Kier molecular flexibility index (Phi) is 9.38. The number of hydrogen-bond donors (Lipinski definition) is 1. The van der Waals surface area contributed by atoms with Gasteiger partial charge in [-0.3, -0.25) is 4.57 Å². The third-order valence-corrected chi connectivity index (χ3v) is 12.8. The summed E-state index contributed by atoms with van der Waals surface area (Å²) >= 11 is 0. The first-order valence-corrected chi connectivity index (χ1v) is 22.8. The summed E-state index contributed by atoms with van der Waals surface area (Å²) in [5, 5.41) is 8.19. The van der Waals surface area contributed by atoms with Gasteiger partial charge in [0.25, 0.3) is 0 Å². The Hall–Kier alpha value is -9.27. The van der Waals surface area contributed by atoms with E-state index < -0.39 is 0 Å². The normalized spacial score (nSPS) is 13.7. The van der Waals surface area contributed by atoms with Crippen LogP contribution in [0.3, 0.4) is 0 Å². The quantitative estimate of drug-likeness (QED) is 0.165. The molecule has 1 unspecified atom stereocenters. The Balaban J connectivity index is 1.04. The topological polar surface area (TPSA) is 85.3 Å². The molecule has 0 amide bonds. The molecule has 1 aliphatic heterocycles. The molecule has 0 spiro atoms. The molecule has 3 aromatic heterocycles. The summed E-state index contributed by atoms with van der Waals surface area (Å²) in [6, 6.07) is 79.9. The third-order valence-electron chi connectivity index (χ3n) is 12.8. The van der Waals surface area contributed by atoms with Gasteiger partial charge in [-0.25, -0.2) is 15.0 Å². The number of nitrogens with one attached hydrogen (secondary N) is 1. The molecule has 8 nitrogen and oxygen atoms in total. The second-order valence-electron chi connectivity index (χ2n) is 16.9. The molecule has 0 aliphatic carbocycles. The molecule has 0 fully saturated rings. The maximum Gasteiger partial charge on any atom is 0.238 e. The van der Waals surface area contributed by atoms with Gasteiger partial charge in [0.05, 0.1) is 22.1 Å². The zero-order valence-corrected chi connectivity index (χ0v) is 36.6. The van der Waals surface area contributed by atoms with E-state index in [0.29, 0.717) is 23.4 Å². The highest BCUT2D eigenvalue weighted by atomic mass is 15.2. The van der Waals surface area contributed by atoms with Crippen LogP contribution >= 0.6 is 0 Å². The monoisotopic (exact) mass is 872 g/mol. The van der Waals surface area contributed by atoms with Crippen LogP contribution in [0.1, 0.15) is 22.9 Å². The molecule has 0 radical (unpaired) electrons. The van der Waals surface area contributed by atoms with Crippen molar-refractivity contribution in [3.63, 3.8) is 0 Å². The Bertz CT molecular complexity index is 3930. The Morgan fingerprint density at radius 2 is 0.985 bits per heavy atom. The predicted octanol–water partition coefficient (Wildman–Crippen LogP) is 13.6. The predicted molar refractivity (Wildman–Crippen MR) is 277 cm³/mol. The second kappa shape index (κ2) is 16.3. The minimum atomic E-state index is -0.313. The first-order valence-electron chi connectivity index (χ1n) is 22.8. The van der Waals surface area contributed by atoms with E-state index in [2.05, 4.69) is 178 Å². The molecular formula is C60H40N8. The van der Waals surface area contributed by atoms with Crippen molar-refractivity contribution in [3.05, 3.63) is 247 Å².